The molecule has 0 atom stereocenters. The van der Waals surface area contributed by atoms with Crippen molar-refractivity contribution in [2.75, 3.05) is 0 Å². The van der Waals surface area contributed by atoms with Crippen molar-refractivity contribution in [1.82, 2.24) is 14.8 Å². The summed E-state index contributed by atoms with van der Waals surface area (Å²) in [6, 6.07) is 7.92. The first kappa shape index (κ1) is 11.2. The zero-order valence-electron chi connectivity index (χ0n) is 9.56. The maximum atomic E-state index is 12.9. The highest BCUT2D eigenvalue weighted by atomic mass is 35.5. The Labute approximate surface area is 108 Å². The van der Waals surface area contributed by atoms with E-state index >= 15 is 0 Å². The zero-order valence-corrected chi connectivity index (χ0v) is 10.3. The second kappa shape index (κ2) is 4.07. The number of pyridine rings is 1. The van der Waals surface area contributed by atoms with Crippen LogP contribution in [0.4, 0.5) is 4.39 Å². The molecule has 0 saturated carbocycles. The Bertz CT molecular complexity index is 719. The highest BCUT2D eigenvalue weighted by Gasteiger charge is 2.09. The maximum absolute atomic E-state index is 12.9. The van der Waals surface area contributed by atoms with Gasteiger partial charge in [-0.25, -0.2) is 14.1 Å². The van der Waals surface area contributed by atoms with Crippen molar-refractivity contribution in [3.8, 4) is 5.69 Å². The van der Waals surface area contributed by atoms with Crippen LogP contribution in [0.15, 0.2) is 36.5 Å². The second-order valence-corrected chi connectivity index (χ2v) is 4.39. The Morgan fingerprint density at radius 2 is 1.94 bits per heavy atom. The minimum absolute atomic E-state index is 0.270. The molecule has 0 aliphatic carbocycles. The van der Waals surface area contributed by atoms with Crippen LogP contribution in [0, 0.1) is 12.7 Å². The Balaban J connectivity index is 2.27. The van der Waals surface area contributed by atoms with Crippen LogP contribution in [0.25, 0.3) is 16.6 Å². The molecule has 90 valence electrons. The van der Waals surface area contributed by atoms with Crippen LogP contribution in [0.2, 0.25) is 5.15 Å². The molecule has 0 radical (unpaired) electrons. The molecule has 2 heterocycles. The molecule has 5 heteroatoms. The van der Waals surface area contributed by atoms with E-state index in [-0.39, 0.29) is 5.82 Å². The predicted octanol–water partition coefficient (Wildman–Crippen LogP) is 3.52. The lowest BCUT2D eigenvalue weighted by Crippen LogP contribution is -1.98. The summed E-state index contributed by atoms with van der Waals surface area (Å²) < 4.78 is 14.6. The van der Waals surface area contributed by atoms with Crippen LogP contribution in [-0.2, 0) is 0 Å². The largest absolute Gasteiger partial charge is 0.239 e. The fourth-order valence-corrected chi connectivity index (χ4v) is 2.23. The highest BCUT2D eigenvalue weighted by molar-refractivity contribution is 6.30. The molecule has 0 aliphatic heterocycles. The molecule has 0 bridgehead atoms. The Morgan fingerprint density at radius 3 is 2.67 bits per heavy atom. The molecule has 0 aliphatic rings. The van der Waals surface area contributed by atoms with E-state index in [1.165, 1.54) is 12.1 Å². The number of halogens is 2. The molecule has 3 nitrogen and oxygen atoms in total. The molecule has 0 unspecified atom stereocenters. The Hall–Kier alpha value is -1.94. The number of hydrogen-bond acceptors (Lipinski definition) is 2. The van der Waals surface area contributed by atoms with E-state index in [1.54, 1.807) is 29.1 Å². The molecule has 3 rings (SSSR count). The smallest absolute Gasteiger partial charge is 0.130 e. The van der Waals surface area contributed by atoms with Crippen LogP contribution in [0.5, 0.6) is 0 Å². The molecule has 0 N–H and O–H groups in total. The highest BCUT2D eigenvalue weighted by Crippen LogP contribution is 2.23. The number of aromatic nitrogens is 3. The summed E-state index contributed by atoms with van der Waals surface area (Å²) in [5.41, 5.74) is 2.46. The number of hydrogen-bond donors (Lipinski definition) is 0. The first-order valence-electron chi connectivity index (χ1n) is 5.42. The topological polar surface area (TPSA) is 30.7 Å². The van der Waals surface area contributed by atoms with Crippen molar-refractivity contribution in [1.29, 1.82) is 0 Å². The molecule has 3 aromatic rings. The summed E-state index contributed by atoms with van der Waals surface area (Å²) >= 11 is 5.90. The van der Waals surface area contributed by atoms with Crippen LogP contribution in [0.1, 0.15) is 5.69 Å². The number of fused-ring (bicyclic) bond motifs is 1. The number of rotatable bonds is 1. The number of benzene rings is 1. The molecular weight excluding hydrogens is 253 g/mol. The van der Waals surface area contributed by atoms with Gasteiger partial charge in [0, 0.05) is 5.39 Å². The van der Waals surface area contributed by atoms with E-state index in [1.807, 2.05) is 6.92 Å². The van der Waals surface area contributed by atoms with Gasteiger partial charge in [0.1, 0.15) is 11.0 Å². The van der Waals surface area contributed by atoms with Crippen LogP contribution in [0.3, 0.4) is 0 Å². The van der Waals surface area contributed by atoms with Crippen molar-refractivity contribution >= 4 is 22.5 Å². The average Bonchev–Trinajstić information content (AvgIpc) is 2.74. The quantitative estimate of drug-likeness (QED) is 0.628. The van der Waals surface area contributed by atoms with Gasteiger partial charge in [-0.1, -0.05) is 11.6 Å². The van der Waals surface area contributed by atoms with Gasteiger partial charge in [0.15, 0.2) is 0 Å². The van der Waals surface area contributed by atoms with E-state index < -0.39 is 0 Å². The lowest BCUT2D eigenvalue weighted by molar-refractivity contribution is 0.627. The van der Waals surface area contributed by atoms with E-state index in [0.717, 1.165) is 22.3 Å². The van der Waals surface area contributed by atoms with Gasteiger partial charge < -0.3 is 0 Å². The summed E-state index contributed by atoms with van der Waals surface area (Å²) in [6.45, 7) is 1.87. The van der Waals surface area contributed by atoms with E-state index in [2.05, 4.69) is 10.1 Å². The van der Waals surface area contributed by atoms with Gasteiger partial charge in [-0.05, 0) is 37.3 Å². The van der Waals surface area contributed by atoms with Crippen LogP contribution < -0.4 is 0 Å². The second-order valence-electron chi connectivity index (χ2n) is 4.00. The lowest BCUT2D eigenvalue weighted by atomic mass is 10.2. The van der Waals surface area contributed by atoms with Gasteiger partial charge >= 0.3 is 0 Å². The van der Waals surface area contributed by atoms with Crippen molar-refractivity contribution in [2.45, 2.75) is 6.92 Å². The van der Waals surface area contributed by atoms with Gasteiger partial charge in [0.2, 0.25) is 0 Å². The van der Waals surface area contributed by atoms with Crippen LogP contribution >= 0.6 is 11.6 Å². The Morgan fingerprint density at radius 1 is 1.22 bits per heavy atom. The van der Waals surface area contributed by atoms with E-state index in [4.69, 9.17) is 11.6 Å². The third-order valence-electron chi connectivity index (χ3n) is 2.76. The van der Waals surface area contributed by atoms with Crippen LogP contribution in [-0.4, -0.2) is 14.8 Å². The predicted molar refractivity (Wildman–Crippen MR) is 68.6 cm³/mol. The summed E-state index contributed by atoms with van der Waals surface area (Å²) in [5.74, 6) is -0.270. The fourth-order valence-electron chi connectivity index (χ4n) is 1.98. The summed E-state index contributed by atoms with van der Waals surface area (Å²) in [4.78, 5) is 4.21. The molecule has 18 heavy (non-hydrogen) atoms. The normalized spacial score (nSPS) is 11.1. The fraction of sp³-hybridized carbons (Fsp3) is 0.0769. The SMILES string of the molecule is Cc1nc(Cl)cc2cnn(-c3ccc(F)cc3)c12. The first-order chi connectivity index (χ1) is 8.65. The standard InChI is InChI=1S/C13H9ClFN3/c1-8-13-9(6-12(14)17-8)7-16-18(13)11-4-2-10(15)3-5-11/h2-7H,1H3. The third-order valence-corrected chi connectivity index (χ3v) is 2.95. The lowest BCUT2D eigenvalue weighted by Gasteiger charge is -2.05. The molecule has 0 fully saturated rings. The van der Waals surface area contributed by atoms with E-state index in [9.17, 15) is 4.39 Å². The van der Waals surface area contributed by atoms with Gasteiger partial charge in [-0.2, -0.15) is 5.10 Å². The number of nitrogens with zero attached hydrogens (tertiary/aromatic N) is 3. The molecule has 2 aromatic heterocycles. The van der Waals surface area contributed by atoms with Gasteiger partial charge in [0.05, 0.1) is 23.1 Å². The molecular formula is C13H9ClFN3. The first-order valence-corrected chi connectivity index (χ1v) is 5.80. The van der Waals surface area contributed by atoms with Crippen molar-refractivity contribution in [2.24, 2.45) is 0 Å². The third kappa shape index (κ3) is 1.75. The number of aryl methyl sites for hydroxylation is 1. The molecule has 0 spiro atoms. The maximum Gasteiger partial charge on any atom is 0.130 e. The Kier molecular flexibility index (Phi) is 2.52. The molecule has 1 aromatic carbocycles. The summed E-state index contributed by atoms with van der Waals surface area (Å²) in [6.07, 6.45) is 1.72. The summed E-state index contributed by atoms with van der Waals surface area (Å²) in [5, 5.41) is 5.65. The van der Waals surface area contributed by atoms with Gasteiger partial charge in [-0.15, -0.1) is 0 Å². The van der Waals surface area contributed by atoms with Crippen molar-refractivity contribution in [3.63, 3.8) is 0 Å². The average molecular weight is 262 g/mol. The summed E-state index contributed by atoms with van der Waals surface area (Å²) in [7, 11) is 0. The van der Waals surface area contributed by atoms with Crippen molar-refractivity contribution < 1.29 is 4.39 Å². The van der Waals surface area contributed by atoms with E-state index in [0.29, 0.717) is 5.15 Å². The minimum Gasteiger partial charge on any atom is -0.239 e. The van der Waals surface area contributed by atoms with Gasteiger partial charge in [-0.3, -0.25) is 0 Å². The monoisotopic (exact) mass is 261 g/mol. The molecule has 0 amide bonds. The van der Waals surface area contributed by atoms with Crippen molar-refractivity contribution in [3.05, 3.63) is 53.2 Å². The molecule has 0 saturated heterocycles. The zero-order chi connectivity index (χ0) is 12.7. The minimum atomic E-state index is -0.270. The van der Waals surface area contributed by atoms with Gasteiger partial charge in [0.25, 0.3) is 0 Å².